The second-order valence-electron chi connectivity index (χ2n) is 4.76. The molecule has 1 aromatic carbocycles. The molecular formula is C16H16N2OS3. The smallest absolute Gasteiger partial charge is 0.220 e. The number of thiophene rings is 1. The van der Waals surface area contributed by atoms with Crippen LogP contribution in [0.15, 0.2) is 46.1 Å². The Balaban J connectivity index is 1.37. The van der Waals surface area contributed by atoms with Gasteiger partial charge < -0.3 is 5.32 Å². The van der Waals surface area contributed by atoms with Crippen LogP contribution in [-0.2, 0) is 11.3 Å². The van der Waals surface area contributed by atoms with Crippen LogP contribution in [-0.4, -0.2) is 16.6 Å². The first-order chi connectivity index (χ1) is 10.8. The predicted octanol–water partition coefficient (Wildman–Crippen LogP) is 4.55. The van der Waals surface area contributed by atoms with Crippen molar-refractivity contribution in [2.75, 3.05) is 5.75 Å². The third-order valence-electron chi connectivity index (χ3n) is 3.09. The lowest BCUT2D eigenvalue weighted by Crippen LogP contribution is -2.21. The highest BCUT2D eigenvalue weighted by molar-refractivity contribution is 8.01. The second-order valence-corrected chi connectivity index (χ2v) is 8.16. The molecule has 114 valence electrons. The summed E-state index contributed by atoms with van der Waals surface area (Å²) in [4.78, 5) is 17.5. The van der Waals surface area contributed by atoms with Gasteiger partial charge in [-0.1, -0.05) is 30.0 Å². The second kappa shape index (κ2) is 7.76. The lowest BCUT2D eigenvalue weighted by atomic mass is 10.3. The average Bonchev–Trinajstić information content (AvgIpc) is 3.18. The summed E-state index contributed by atoms with van der Waals surface area (Å²) in [6, 6.07) is 12.2. The first kappa shape index (κ1) is 15.5. The number of aromatic nitrogens is 1. The number of rotatable bonds is 7. The van der Waals surface area contributed by atoms with Gasteiger partial charge in [-0.2, -0.15) is 0 Å². The fourth-order valence-electron chi connectivity index (χ4n) is 1.99. The Morgan fingerprint density at radius 2 is 2.14 bits per heavy atom. The summed E-state index contributed by atoms with van der Waals surface area (Å²) in [6.07, 6.45) is 1.44. The SMILES string of the molecule is O=C(CCCSc1nc2ccccc2s1)NCc1cccs1. The quantitative estimate of drug-likeness (QED) is 0.503. The molecular weight excluding hydrogens is 332 g/mol. The third kappa shape index (κ3) is 4.32. The molecule has 1 N–H and O–H groups in total. The summed E-state index contributed by atoms with van der Waals surface area (Å²) >= 11 is 5.12. The number of nitrogens with one attached hydrogen (secondary N) is 1. The molecule has 0 atom stereocenters. The Labute approximate surface area is 141 Å². The minimum Gasteiger partial charge on any atom is -0.351 e. The van der Waals surface area contributed by atoms with Crippen molar-refractivity contribution in [3.63, 3.8) is 0 Å². The zero-order valence-corrected chi connectivity index (χ0v) is 14.4. The van der Waals surface area contributed by atoms with Crippen LogP contribution in [0.1, 0.15) is 17.7 Å². The summed E-state index contributed by atoms with van der Waals surface area (Å²) in [5.41, 5.74) is 1.06. The van der Waals surface area contributed by atoms with Crippen LogP contribution in [0.5, 0.6) is 0 Å². The van der Waals surface area contributed by atoms with Crippen LogP contribution in [0.2, 0.25) is 0 Å². The lowest BCUT2D eigenvalue weighted by Gasteiger charge is -2.03. The number of benzene rings is 1. The normalized spacial score (nSPS) is 10.9. The van der Waals surface area contributed by atoms with Crippen molar-refractivity contribution in [1.82, 2.24) is 10.3 Å². The third-order valence-corrected chi connectivity index (χ3v) is 6.23. The summed E-state index contributed by atoms with van der Waals surface area (Å²) in [7, 11) is 0. The van der Waals surface area contributed by atoms with E-state index in [2.05, 4.69) is 16.4 Å². The minimum atomic E-state index is 0.123. The molecule has 2 aromatic heterocycles. The van der Waals surface area contributed by atoms with E-state index in [1.165, 1.54) is 9.58 Å². The molecule has 0 bridgehead atoms. The van der Waals surface area contributed by atoms with E-state index in [0.717, 1.165) is 22.0 Å². The van der Waals surface area contributed by atoms with Gasteiger partial charge in [0.1, 0.15) is 0 Å². The van der Waals surface area contributed by atoms with E-state index < -0.39 is 0 Å². The van der Waals surface area contributed by atoms with Crippen molar-refractivity contribution >= 4 is 50.6 Å². The van der Waals surface area contributed by atoms with Gasteiger partial charge in [-0.3, -0.25) is 4.79 Å². The molecule has 0 radical (unpaired) electrons. The topological polar surface area (TPSA) is 42.0 Å². The van der Waals surface area contributed by atoms with Gasteiger partial charge in [0.15, 0.2) is 4.34 Å². The van der Waals surface area contributed by atoms with Crippen molar-refractivity contribution in [3.05, 3.63) is 46.7 Å². The number of nitrogens with zero attached hydrogens (tertiary/aromatic N) is 1. The zero-order chi connectivity index (χ0) is 15.2. The van der Waals surface area contributed by atoms with Crippen LogP contribution in [0, 0.1) is 0 Å². The number of thioether (sulfide) groups is 1. The van der Waals surface area contributed by atoms with E-state index in [1.54, 1.807) is 34.4 Å². The van der Waals surface area contributed by atoms with E-state index in [9.17, 15) is 4.79 Å². The van der Waals surface area contributed by atoms with Crippen LogP contribution in [0.4, 0.5) is 0 Å². The first-order valence-corrected chi connectivity index (χ1v) is 9.77. The van der Waals surface area contributed by atoms with Crippen LogP contribution < -0.4 is 5.32 Å². The molecule has 1 amide bonds. The van der Waals surface area contributed by atoms with Crippen molar-refractivity contribution in [2.45, 2.75) is 23.7 Å². The van der Waals surface area contributed by atoms with E-state index in [4.69, 9.17) is 0 Å². The standard InChI is InChI=1S/C16H16N2OS3/c19-15(17-11-12-5-3-9-20-12)8-4-10-21-16-18-13-6-1-2-7-14(13)22-16/h1-3,5-7,9H,4,8,10-11H2,(H,17,19). The Kier molecular flexibility index (Phi) is 5.48. The van der Waals surface area contributed by atoms with Gasteiger partial charge in [-0.15, -0.1) is 22.7 Å². The van der Waals surface area contributed by atoms with Crippen molar-refractivity contribution < 1.29 is 4.79 Å². The van der Waals surface area contributed by atoms with Crippen LogP contribution >= 0.6 is 34.4 Å². The van der Waals surface area contributed by atoms with E-state index >= 15 is 0 Å². The molecule has 0 aliphatic rings. The van der Waals surface area contributed by atoms with Crippen molar-refractivity contribution in [2.24, 2.45) is 0 Å². The number of carbonyl (C=O) groups excluding carboxylic acids is 1. The van der Waals surface area contributed by atoms with E-state index in [1.807, 2.05) is 35.7 Å². The molecule has 0 saturated heterocycles. The van der Waals surface area contributed by atoms with Gasteiger partial charge in [0, 0.05) is 17.1 Å². The molecule has 0 spiro atoms. The monoisotopic (exact) mass is 348 g/mol. The lowest BCUT2D eigenvalue weighted by molar-refractivity contribution is -0.121. The predicted molar refractivity (Wildman–Crippen MR) is 95.7 cm³/mol. The molecule has 0 aliphatic carbocycles. The highest BCUT2D eigenvalue weighted by atomic mass is 32.2. The molecule has 3 nitrogen and oxygen atoms in total. The van der Waals surface area contributed by atoms with Gasteiger partial charge in [0.05, 0.1) is 16.8 Å². The molecule has 6 heteroatoms. The Hall–Kier alpha value is -1.37. The molecule has 0 fully saturated rings. The highest BCUT2D eigenvalue weighted by Crippen LogP contribution is 2.29. The van der Waals surface area contributed by atoms with Gasteiger partial charge in [-0.05, 0) is 30.0 Å². The Morgan fingerprint density at radius 1 is 1.23 bits per heavy atom. The van der Waals surface area contributed by atoms with Crippen LogP contribution in [0.25, 0.3) is 10.2 Å². The Bertz CT molecular complexity index is 704. The maximum atomic E-state index is 11.8. The van der Waals surface area contributed by atoms with Gasteiger partial charge >= 0.3 is 0 Å². The van der Waals surface area contributed by atoms with E-state index in [0.29, 0.717) is 13.0 Å². The van der Waals surface area contributed by atoms with Crippen molar-refractivity contribution in [1.29, 1.82) is 0 Å². The first-order valence-electron chi connectivity index (χ1n) is 7.09. The fraction of sp³-hybridized carbons (Fsp3) is 0.250. The van der Waals surface area contributed by atoms with Crippen LogP contribution in [0.3, 0.4) is 0 Å². The highest BCUT2D eigenvalue weighted by Gasteiger charge is 2.05. The molecule has 0 saturated carbocycles. The molecule has 2 heterocycles. The fourth-order valence-corrected chi connectivity index (χ4v) is 4.72. The molecule has 3 aromatic rings. The summed E-state index contributed by atoms with van der Waals surface area (Å²) in [5, 5.41) is 4.98. The van der Waals surface area contributed by atoms with Gasteiger partial charge in [-0.25, -0.2) is 4.98 Å². The molecule has 3 rings (SSSR count). The maximum Gasteiger partial charge on any atom is 0.220 e. The summed E-state index contributed by atoms with van der Waals surface area (Å²) < 4.78 is 2.30. The summed E-state index contributed by atoms with van der Waals surface area (Å²) in [6.45, 7) is 0.640. The number of carbonyl (C=O) groups is 1. The number of hydrogen-bond acceptors (Lipinski definition) is 5. The zero-order valence-electron chi connectivity index (χ0n) is 12.0. The van der Waals surface area contributed by atoms with Crippen molar-refractivity contribution in [3.8, 4) is 0 Å². The minimum absolute atomic E-state index is 0.123. The molecule has 0 aliphatic heterocycles. The number of para-hydroxylation sites is 1. The average molecular weight is 349 g/mol. The van der Waals surface area contributed by atoms with Gasteiger partial charge in [0.2, 0.25) is 5.91 Å². The largest absolute Gasteiger partial charge is 0.351 e. The number of amides is 1. The maximum absolute atomic E-state index is 11.8. The number of hydrogen-bond donors (Lipinski definition) is 1. The molecule has 22 heavy (non-hydrogen) atoms. The van der Waals surface area contributed by atoms with E-state index in [-0.39, 0.29) is 5.91 Å². The molecule has 0 unspecified atom stereocenters. The summed E-state index contributed by atoms with van der Waals surface area (Å²) in [5.74, 6) is 1.05. The number of fused-ring (bicyclic) bond motifs is 1. The number of thiazole rings is 1. The Morgan fingerprint density at radius 3 is 2.95 bits per heavy atom. The van der Waals surface area contributed by atoms with Gasteiger partial charge in [0.25, 0.3) is 0 Å².